The molecule has 1 heterocycles. The van der Waals surface area contributed by atoms with Crippen LogP contribution in [-0.4, -0.2) is 30.2 Å². The van der Waals surface area contributed by atoms with Gasteiger partial charge in [0.1, 0.15) is 5.60 Å². The van der Waals surface area contributed by atoms with Gasteiger partial charge in [-0.2, -0.15) is 0 Å². The second kappa shape index (κ2) is 4.53. The zero-order valence-electron chi connectivity index (χ0n) is 9.66. The van der Waals surface area contributed by atoms with Crippen LogP contribution in [0.3, 0.4) is 0 Å². The van der Waals surface area contributed by atoms with E-state index in [4.69, 9.17) is 9.57 Å². The first-order valence-corrected chi connectivity index (χ1v) is 4.92. The highest BCUT2D eigenvalue weighted by molar-refractivity contribution is 5.70. The van der Waals surface area contributed by atoms with E-state index in [0.29, 0.717) is 6.54 Å². The Morgan fingerprint density at radius 3 is 2.73 bits per heavy atom. The Morgan fingerprint density at radius 2 is 2.20 bits per heavy atom. The van der Waals surface area contributed by atoms with Crippen molar-refractivity contribution in [3.05, 3.63) is 11.9 Å². The summed E-state index contributed by atoms with van der Waals surface area (Å²) >= 11 is 0. The van der Waals surface area contributed by atoms with E-state index in [1.165, 1.54) is 12.0 Å². The third kappa shape index (κ3) is 3.79. The topological polar surface area (TPSA) is 50.8 Å². The van der Waals surface area contributed by atoms with Gasteiger partial charge in [-0.1, -0.05) is 0 Å². The van der Waals surface area contributed by atoms with Gasteiger partial charge in [0.2, 0.25) is 0 Å². The van der Waals surface area contributed by atoms with Crippen LogP contribution in [-0.2, 0) is 9.57 Å². The average Bonchev–Trinajstić information content (AvgIpc) is 2.50. The molecule has 15 heavy (non-hydrogen) atoms. The number of ether oxygens (including phenoxy) is 1. The van der Waals surface area contributed by atoms with Crippen LogP contribution in [0.15, 0.2) is 11.9 Å². The fourth-order valence-electron chi connectivity index (χ4n) is 1.23. The normalized spacial score (nSPS) is 16.3. The Balaban J connectivity index is 2.49. The van der Waals surface area contributed by atoms with Gasteiger partial charge in [0.05, 0.1) is 12.8 Å². The minimum absolute atomic E-state index is 0.324. The number of amides is 1. The summed E-state index contributed by atoms with van der Waals surface area (Å²) in [4.78, 5) is 17.9. The second-order valence-electron chi connectivity index (χ2n) is 4.38. The largest absolute Gasteiger partial charge is 0.443 e. The van der Waals surface area contributed by atoms with Gasteiger partial charge in [-0.05, 0) is 20.8 Å². The third-order valence-electron chi connectivity index (χ3n) is 1.79. The van der Waals surface area contributed by atoms with Crippen LogP contribution in [0.5, 0.6) is 0 Å². The highest BCUT2D eigenvalue weighted by atomic mass is 16.6. The molecule has 0 fully saturated rings. The second-order valence-corrected chi connectivity index (χ2v) is 4.38. The van der Waals surface area contributed by atoms with Crippen LogP contribution < -0.4 is 5.48 Å². The molecule has 0 radical (unpaired) electrons. The van der Waals surface area contributed by atoms with Gasteiger partial charge in [-0.15, -0.1) is 0 Å². The fraction of sp³-hybridized carbons (Fsp3) is 0.700. The highest BCUT2D eigenvalue weighted by Gasteiger charge is 2.24. The van der Waals surface area contributed by atoms with Crippen LogP contribution in [0.1, 0.15) is 27.2 Å². The van der Waals surface area contributed by atoms with Gasteiger partial charge in [0, 0.05) is 19.2 Å². The SMILES string of the molecule is CONC1=CN(C(=O)OC(C)(C)C)CC1. The summed E-state index contributed by atoms with van der Waals surface area (Å²) < 4.78 is 5.22. The lowest BCUT2D eigenvalue weighted by Crippen LogP contribution is -2.32. The number of rotatable bonds is 2. The van der Waals surface area contributed by atoms with E-state index in [0.717, 1.165) is 12.1 Å². The molecule has 0 aromatic carbocycles. The summed E-state index contributed by atoms with van der Waals surface area (Å²) in [7, 11) is 1.54. The van der Waals surface area contributed by atoms with E-state index in [-0.39, 0.29) is 6.09 Å². The summed E-state index contributed by atoms with van der Waals surface area (Å²) in [6.07, 6.45) is 2.14. The Kier molecular flexibility index (Phi) is 3.57. The number of nitrogens with one attached hydrogen (secondary N) is 1. The number of nitrogens with zero attached hydrogens (tertiary/aromatic N) is 1. The van der Waals surface area contributed by atoms with Crippen molar-refractivity contribution in [2.45, 2.75) is 32.8 Å². The lowest BCUT2D eigenvalue weighted by atomic mass is 10.2. The van der Waals surface area contributed by atoms with E-state index >= 15 is 0 Å². The number of hydrogen-bond acceptors (Lipinski definition) is 4. The van der Waals surface area contributed by atoms with Crippen molar-refractivity contribution in [3.63, 3.8) is 0 Å². The Morgan fingerprint density at radius 1 is 1.53 bits per heavy atom. The summed E-state index contributed by atoms with van der Waals surface area (Å²) in [5, 5.41) is 0. The monoisotopic (exact) mass is 214 g/mol. The van der Waals surface area contributed by atoms with Crippen molar-refractivity contribution in [1.29, 1.82) is 0 Å². The first kappa shape index (κ1) is 11.8. The molecule has 1 amide bonds. The molecule has 5 nitrogen and oxygen atoms in total. The molecule has 0 saturated heterocycles. The molecule has 1 N–H and O–H groups in total. The van der Waals surface area contributed by atoms with Crippen molar-refractivity contribution in [1.82, 2.24) is 10.4 Å². The molecule has 0 unspecified atom stereocenters. The van der Waals surface area contributed by atoms with E-state index in [1.54, 1.807) is 6.20 Å². The molecule has 0 spiro atoms. The van der Waals surface area contributed by atoms with Crippen LogP contribution in [0.2, 0.25) is 0 Å². The molecule has 1 aliphatic heterocycles. The van der Waals surface area contributed by atoms with Crippen LogP contribution in [0.4, 0.5) is 4.79 Å². The molecule has 1 rings (SSSR count). The van der Waals surface area contributed by atoms with Crippen molar-refractivity contribution in [2.75, 3.05) is 13.7 Å². The smallest absolute Gasteiger partial charge is 0.414 e. The predicted octanol–water partition coefficient (Wildman–Crippen LogP) is 1.62. The summed E-state index contributed by atoms with van der Waals surface area (Å²) in [6, 6.07) is 0. The zero-order chi connectivity index (χ0) is 11.5. The van der Waals surface area contributed by atoms with E-state index in [1.807, 2.05) is 20.8 Å². The molecule has 1 aliphatic rings. The first-order chi connectivity index (χ1) is 6.92. The standard InChI is InChI=1S/C10H18N2O3/c1-10(2,3)15-9(13)12-6-5-8(7-12)11-14-4/h7,11H,5-6H2,1-4H3. The Hall–Kier alpha value is -1.23. The molecule has 0 atom stereocenters. The number of hydroxylamine groups is 1. The minimum Gasteiger partial charge on any atom is -0.443 e. The first-order valence-electron chi connectivity index (χ1n) is 4.92. The van der Waals surface area contributed by atoms with Gasteiger partial charge < -0.3 is 4.74 Å². The van der Waals surface area contributed by atoms with Gasteiger partial charge in [-0.3, -0.25) is 15.2 Å². The molecule has 5 heteroatoms. The third-order valence-corrected chi connectivity index (χ3v) is 1.79. The highest BCUT2D eigenvalue weighted by Crippen LogP contribution is 2.16. The molecule has 0 bridgehead atoms. The van der Waals surface area contributed by atoms with Crippen molar-refractivity contribution in [2.24, 2.45) is 0 Å². The Bertz CT molecular complexity index is 268. The quantitative estimate of drug-likeness (QED) is 0.710. The maximum Gasteiger partial charge on any atom is 0.414 e. The maximum atomic E-state index is 11.6. The molecule has 0 aromatic heterocycles. The van der Waals surface area contributed by atoms with Gasteiger partial charge in [0.15, 0.2) is 0 Å². The molecule has 86 valence electrons. The van der Waals surface area contributed by atoms with E-state index in [2.05, 4.69) is 5.48 Å². The van der Waals surface area contributed by atoms with Gasteiger partial charge in [0.25, 0.3) is 0 Å². The van der Waals surface area contributed by atoms with E-state index < -0.39 is 5.60 Å². The summed E-state index contributed by atoms with van der Waals surface area (Å²) in [6.45, 7) is 6.16. The molecular formula is C10H18N2O3. The summed E-state index contributed by atoms with van der Waals surface area (Å²) in [5.41, 5.74) is 3.13. The van der Waals surface area contributed by atoms with Crippen LogP contribution in [0, 0.1) is 0 Å². The van der Waals surface area contributed by atoms with Gasteiger partial charge >= 0.3 is 6.09 Å². The van der Waals surface area contributed by atoms with Crippen molar-refractivity contribution in [3.8, 4) is 0 Å². The van der Waals surface area contributed by atoms with Crippen LogP contribution >= 0.6 is 0 Å². The predicted molar refractivity (Wildman–Crippen MR) is 55.8 cm³/mol. The lowest BCUT2D eigenvalue weighted by molar-refractivity contribution is 0.0349. The average molecular weight is 214 g/mol. The van der Waals surface area contributed by atoms with E-state index in [9.17, 15) is 4.79 Å². The van der Waals surface area contributed by atoms with Gasteiger partial charge in [-0.25, -0.2) is 4.79 Å². The molecule has 0 saturated carbocycles. The number of carbonyl (C=O) groups is 1. The fourth-order valence-corrected chi connectivity index (χ4v) is 1.23. The van der Waals surface area contributed by atoms with Crippen LogP contribution in [0.25, 0.3) is 0 Å². The number of carbonyl (C=O) groups excluding carboxylic acids is 1. The summed E-state index contributed by atoms with van der Waals surface area (Å²) in [5.74, 6) is 0. The molecule has 0 aromatic rings. The molecule has 0 aliphatic carbocycles. The lowest BCUT2D eigenvalue weighted by Gasteiger charge is -2.22. The molecular weight excluding hydrogens is 196 g/mol. The zero-order valence-corrected chi connectivity index (χ0v) is 9.66. The number of hydrogen-bond donors (Lipinski definition) is 1. The van der Waals surface area contributed by atoms with Crippen molar-refractivity contribution >= 4 is 6.09 Å². The van der Waals surface area contributed by atoms with Crippen molar-refractivity contribution < 1.29 is 14.4 Å². The minimum atomic E-state index is -0.456. The maximum absolute atomic E-state index is 11.6. The Labute approximate surface area is 90.0 Å².